The maximum absolute atomic E-state index is 13.0. The summed E-state index contributed by atoms with van der Waals surface area (Å²) in [5, 5.41) is 8.30. The van der Waals surface area contributed by atoms with Gasteiger partial charge in [-0.05, 0) is 69.2 Å². The van der Waals surface area contributed by atoms with Crippen molar-refractivity contribution in [3.8, 4) is 0 Å². The molecule has 178 valence electrons. The third kappa shape index (κ3) is 6.60. The molecule has 1 saturated carbocycles. The van der Waals surface area contributed by atoms with Gasteiger partial charge in [-0.2, -0.15) is 26.3 Å². The van der Waals surface area contributed by atoms with E-state index in [1.165, 1.54) is 0 Å². The second kappa shape index (κ2) is 9.68. The van der Waals surface area contributed by atoms with Crippen molar-refractivity contribution in [2.24, 2.45) is 5.92 Å². The van der Waals surface area contributed by atoms with Gasteiger partial charge >= 0.3 is 12.4 Å². The first-order chi connectivity index (χ1) is 14.9. The molecule has 0 unspecified atom stereocenters. The summed E-state index contributed by atoms with van der Waals surface area (Å²) in [6, 6.07) is 0.842. The van der Waals surface area contributed by atoms with Crippen LogP contribution < -0.4 is 16.0 Å². The Morgan fingerprint density at radius 2 is 1.50 bits per heavy atom. The highest BCUT2D eigenvalue weighted by molar-refractivity contribution is 5.91. The standard InChI is InChI=1S/C21H25F6N3O2/c22-20(23,24)13-9-14(21(25,26)27)11-16(10-13)29-18(31)8-12-3-5-15(6-4-12)30-19(32)17-2-1-7-28-17/h9-12,15,17,28H,1-8H2,(H,29,31)(H,30,32)/t12-,15+,17-/m0/s1. The fourth-order valence-electron chi connectivity index (χ4n) is 4.22. The molecule has 1 saturated heterocycles. The molecule has 2 fully saturated rings. The summed E-state index contributed by atoms with van der Waals surface area (Å²) < 4.78 is 77.7. The Balaban J connectivity index is 1.53. The first-order valence-electron chi connectivity index (χ1n) is 10.5. The zero-order chi connectivity index (χ0) is 23.5. The van der Waals surface area contributed by atoms with Crippen molar-refractivity contribution in [3.05, 3.63) is 29.3 Å². The number of amides is 2. The van der Waals surface area contributed by atoms with Crippen LogP contribution >= 0.6 is 0 Å². The summed E-state index contributed by atoms with van der Waals surface area (Å²) in [5.41, 5.74) is -3.49. The number of carbonyl (C=O) groups is 2. The fourth-order valence-corrected chi connectivity index (χ4v) is 4.22. The molecule has 0 bridgehead atoms. The van der Waals surface area contributed by atoms with Crippen LogP contribution in [0.15, 0.2) is 18.2 Å². The Hall–Kier alpha value is -2.30. The number of hydrogen-bond donors (Lipinski definition) is 3. The first-order valence-corrected chi connectivity index (χ1v) is 10.5. The maximum Gasteiger partial charge on any atom is 0.416 e. The van der Waals surface area contributed by atoms with Gasteiger partial charge in [0.1, 0.15) is 0 Å². The van der Waals surface area contributed by atoms with Crippen LogP contribution in [0.1, 0.15) is 56.1 Å². The molecule has 0 aromatic heterocycles. The second-order valence-corrected chi connectivity index (χ2v) is 8.42. The monoisotopic (exact) mass is 465 g/mol. The lowest BCUT2D eigenvalue weighted by Crippen LogP contribution is -2.46. The topological polar surface area (TPSA) is 70.2 Å². The van der Waals surface area contributed by atoms with Crippen molar-refractivity contribution >= 4 is 17.5 Å². The van der Waals surface area contributed by atoms with Gasteiger partial charge in [-0.15, -0.1) is 0 Å². The maximum atomic E-state index is 13.0. The first kappa shape index (κ1) is 24.3. The van der Waals surface area contributed by atoms with E-state index in [9.17, 15) is 35.9 Å². The molecule has 0 radical (unpaired) electrons. The predicted octanol–water partition coefficient (Wildman–Crippen LogP) is 4.48. The molecule has 32 heavy (non-hydrogen) atoms. The third-order valence-corrected chi connectivity index (χ3v) is 5.92. The summed E-state index contributed by atoms with van der Waals surface area (Å²) in [4.78, 5) is 24.5. The molecular weight excluding hydrogens is 440 g/mol. The number of rotatable bonds is 5. The summed E-state index contributed by atoms with van der Waals surface area (Å²) >= 11 is 0. The SMILES string of the molecule is O=C(C[C@H]1CC[C@@H](NC(=O)[C@@H]2CCCN2)CC1)Nc1cc(C(F)(F)F)cc(C(F)(F)F)c1. The van der Waals surface area contributed by atoms with Gasteiger partial charge in [0.15, 0.2) is 0 Å². The summed E-state index contributed by atoms with van der Waals surface area (Å²) in [7, 11) is 0. The predicted molar refractivity (Wildman–Crippen MR) is 105 cm³/mol. The molecular formula is C21H25F6N3O2. The highest BCUT2D eigenvalue weighted by atomic mass is 19.4. The van der Waals surface area contributed by atoms with E-state index in [4.69, 9.17) is 0 Å². The second-order valence-electron chi connectivity index (χ2n) is 8.42. The minimum atomic E-state index is -4.97. The molecule has 2 amide bonds. The molecule has 2 aliphatic rings. The molecule has 5 nitrogen and oxygen atoms in total. The molecule has 1 heterocycles. The van der Waals surface area contributed by atoms with E-state index in [0.29, 0.717) is 37.8 Å². The molecule has 1 aromatic carbocycles. The van der Waals surface area contributed by atoms with E-state index >= 15 is 0 Å². The molecule has 1 aliphatic carbocycles. The van der Waals surface area contributed by atoms with Crippen LogP contribution in [0.2, 0.25) is 0 Å². The number of anilines is 1. The van der Waals surface area contributed by atoms with Gasteiger partial charge in [-0.1, -0.05) is 0 Å². The van der Waals surface area contributed by atoms with Gasteiger partial charge in [0, 0.05) is 18.2 Å². The van der Waals surface area contributed by atoms with Crippen LogP contribution in [-0.2, 0) is 21.9 Å². The van der Waals surface area contributed by atoms with Crippen molar-refractivity contribution in [1.82, 2.24) is 10.6 Å². The minimum absolute atomic E-state index is 0.00187. The van der Waals surface area contributed by atoms with Gasteiger partial charge in [0.25, 0.3) is 0 Å². The van der Waals surface area contributed by atoms with Gasteiger partial charge in [0.2, 0.25) is 11.8 Å². The van der Waals surface area contributed by atoms with E-state index in [-0.39, 0.29) is 36.4 Å². The number of benzene rings is 1. The van der Waals surface area contributed by atoms with E-state index in [1.54, 1.807) is 0 Å². The number of hydrogen-bond acceptors (Lipinski definition) is 3. The van der Waals surface area contributed by atoms with E-state index in [1.807, 2.05) is 0 Å². The van der Waals surface area contributed by atoms with E-state index in [0.717, 1.165) is 19.4 Å². The van der Waals surface area contributed by atoms with Gasteiger partial charge in [-0.3, -0.25) is 9.59 Å². The molecule has 3 rings (SSSR count). The Kier molecular flexibility index (Phi) is 7.36. The van der Waals surface area contributed by atoms with Crippen LogP contribution in [0, 0.1) is 5.92 Å². The average Bonchev–Trinajstić information content (AvgIpc) is 3.23. The molecule has 3 N–H and O–H groups in total. The highest BCUT2D eigenvalue weighted by Gasteiger charge is 2.37. The Morgan fingerprint density at radius 1 is 0.906 bits per heavy atom. The summed E-state index contributed by atoms with van der Waals surface area (Å²) in [5.74, 6) is -0.727. The summed E-state index contributed by atoms with van der Waals surface area (Å²) in [6.07, 6.45) is -5.61. The quantitative estimate of drug-likeness (QED) is 0.562. The van der Waals surface area contributed by atoms with E-state index in [2.05, 4.69) is 16.0 Å². The van der Waals surface area contributed by atoms with Gasteiger partial charge in [0.05, 0.1) is 17.2 Å². The number of alkyl halides is 6. The van der Waals surface area contributed by atoms with E-state index < -0.39 is 35.1 Å². The van der Waals surface area contributed by atoms with Crippen LogP contribution in [0.25, 0.3) is 0 Å². The fraction of sp³-hybridized carbons (Fsp3) is 0.619. The largest absolute Gasteiger partial charge is 0.416 e. The van der Waals surface area contributed by atoms with Crippen molar-refractivity contribution < 1.29 is 35.9 Å². The van der Waals surface area contributed by atoms with Crippen molar-refractivity contribution in [2.45, 2.75) is 69.4 Å². The van der Waals surface area contributed by atoms with Crippen LogP contribution in [0.5, 0.6) is 0 Å². The Morgan fingerprint density at radius 3 is 2.00 bits per heavy atom. The van der Waals surface area contributed by atoms with Gasteiger partial charge < -0.3 is 16.0 Å². The van der Waals surface area contributed by atoms with Crippen LogP contribution in [0.3, 0.4) is 0 Å². The number of halogens is 6. The zero-order valence-corrected chi connectivity index (χ0v) is 17.2. The summed E-state index contributed by atoms with van der Waals surface area (Å²) in [6.45, 7) is 0.816. The lowest BCUT2D eigenvalue weighted by Gasteiger charge is -2.29. The average molecular weight is 465 g/mol. The minimum Gasteiger partial charge on any atom is -0.352 e. The number of carbonyl (C=O) groups excluding carboxylic acids is 2. The van der Waals surface area contributed by atoms with Gasteiger partial charge in [-0.25, -0.2) is 0 Å². The lowest BCUT2D eigenvalue weighted by molar-refractivity contribution is -0.143. The molecule has 1 aromatic rings. The zero-order valence-electron chi connectivity index (χ0n) is 17.2. The Bertz CT molecular complexity index is 794. The normalized spacial score (nSPS) is 24.2. The molecule has 0 spiro atoms. The molecule has 1 aliphatic heterocycles. The van der Waals surface area contributed by atoms with Crippen LogP contribution in [-0.4, -0.2) is 30.4 Å². The van der Waals surface area contributed by atoms with Crippen molar-refractivity contribution in [3.63, 3.8) is 0 Å². The van der Waals surface area contributed by atoms with Crippen LogP contribution in [0.4, 0.5) is 32.0 Å². The van der Waals surface area contributed by atoms with Crippen molar-refractivity contribution in [1.29, 1.82) is 0 Å². The molecule has 1 atom stereocenters. The number of nitrogens with one attached hydrogen (secondary N) is 3. The third-order valence-electron chi connectivity index (χ3n) is 5.92. The van der Waals surface area contributed by atoms with Crippen molar-refractivity contribution in [2.75, 3.05) is 11.9 Å². The molecule has 11 heteroatoms. The highest BCUT2D eigenvalue weighted by Crippen LogP contribution is 2.37. The smallest absolute Gasteiger partial charge is 0.352 e. The Labute approximate surface area is 181 Å². The lowest BCUT2D eigenvalue weighted by atomic mass is 9.84.